The molecule has 0 unspecified atom stereocenters. The van der Waals surface area contributed by atoms with Crippen molar-refractivity contribution < 1.29 is 9.53 Å². The molecule has 2 aromatic heterocycles. The van der Waals surface area contributed by atoms with Crippen LogP contribution in [-0.4, -0.2) is 22.1 Å². The van der Waals surface area contributed by atoms with E-state index in [-0.39, 0.29) is 17.6 Å². The molecule has 0 N–H and O–H groups in total. The predicted molar refractivity (Wildman–Crippen MR) is 97.8 cm³/mol. The van der Waals surface area contributed by atoms with Crippen LogP contribution >= 0.6 is 0 Å². The van der Waals surface area contributed by atoms with Crippen LogP contribution in [0.15, 0.2) is 47.7 Å². The number of aryl methyl sites for hydroxylation is 2. The Morgan fingerprint density at radius 2 is 2.04 bits per heavy atom. The number of hydrogen-bond acceptors (Lipinski definition) is 4. The van der Waals surface area contributed by atoms with Gasteiger partial charge in [0, 0.05) is 30.5 Å². The zero-order valence-corrected chi connectivity index (χ0v) is 14.6. The summed E-state index contributed by atoms with van der Waals surface area (Å²) in [6.07, 6.45) is 5.16. The highest BCUT2D eigenvalue weighted by Crippen LogP contribution is 2.26. The topological polar surface area (TPSA) is 61.2 Å². The minimum atomic E-state index is -0.578. The first-order valence-corrected chi connectivity index (χ1v) is 8.32. The molecule has 25 heavy (non-hydrogen) atoms. The summed E-state index contributed by atoms with van der Waals surface area (Å²) in [5, 5.41) is 0.517. The predicted octanol–water partition coefficient (Wildman–Crippen LogP) is 3.57. The maximum Gasteiger partial charge on any atom is 0.343 e. The van der Waals surface area contributed by atoms with Crippen molar-refractivity contribution in [2.45, 2.75) is 27.3 Å². The Bertz CT molecular complexity index is 1010. The summed E-state index contributed by atoms with van der Waals surface area (Å²) < 4.78 is 6.91. The van der Waals surface area contributed by atoms with E-state index in [2.05, 4.69) is 4.98 Å². The van der Waals surface area contributed by atoms with Crippen LogP contribution in [0.3, 0.4) is 0 Å². The van der Waals surface area contributed by atoms with Gasteiger partial charge in [-0.3, -0.25) is 9.78 Å². The molecule has 0 bridgehead atoms. The largest absolute Gasteiger partial charge is 0.462 e. The van der Waals surface area contributed by atoms with Gasteiger partial charge < -0.3 is 9.30 Å². The molecule has 0 saturated heterocycles. The number of carbonyl (C=O) groups is 1. The van der Waals surface area contributed by atoms with Crippen molar-refractivity contribution >= 4 is 16.9 Å². The van der Waals surface area contributed by atoms with Gasteiger partial charge in [-0.05, 0) is 55.7 Å². The molecule has 0 aliphatic heterocycles. The van der Waals surface area contributed by atoms with Crippen molar-refractivity contribution in [3.8, 4) is 11.1 Å². The molecule has 5 heteroatoms. The number of esters is 1. The quantitative estimate of drug-likeness (QED) is 0.683. The number of benzene rings is 1. The SMILES string of the molecule is CCOC(=O)c1cn(CC)c2cc(-c3ccncc3C)ccc2c1=O. The van der Waals surface area contributed by atoms with Crippen molar-refractivity contribution in [1.29, 1.82) is 0 Å². The number of aromatic nitrogens is 2. The van der Waals surface area contributed by atoms with Crippen molar-refractivity contribution in [2.24, 2.45) is 0 Å². The molecular formula is C20H20N2O3. The lowest BCUT2D eigenvalue weighted by molar-refractivity contribution is 0.0524. The molecule has 0 fully saturated rings. The number of nitrogens with zero attached hydrogens (tertiary/aromatic N) is 2. The minimum absolute atomic E-state index is 0.0732. The molecule has 2 heterocycles. The van der Waals surface area contributed by atoms with Crippen LogP contribution in [0.5, 0.6) is 0 Å². The number of pyridine rings is 2. The van der Waals surface area contributed by atoms with Crippen LogP contribution in [0.4, 0.5) is 0 Å². The van der Waals surface area contributed by atoms with Crippen molar-refractivity contribution in [1.82, 2.24) is 9.55 Å². The second kappa shape index (κ2) is 6.89. The van der Waals surface area contributed by atoms with Crippen molar-refractivity contribution in [3.63, 3.8) is 0 Å². The standard InChI is InChI=1S/C20H20N2O3/c1-4-22-12-17(20(24)25-5-2)19(23)16-7-6-14(10-18(16)22)15-8-9-21-11-13(15)3/h6-12H,4-5H2,1-3H3. The summed E-state index contributed by atoms with van der Waals surface area (Å²) in [5.74, 6) is -0.578. The highest BCUT2D eigenvalue weighted by molar-refractivity contribution is 5.94. The van der Waals surface area contributed by atoms with E-state index < -0.39 is 5.97 Å². The highest BCUT2D eigenvalue weighted by atomic mass is 16.5. The Morgan fingerprint density at radius 1 is 1.24 bits per heavy atom. The molecule has 0 amide bonds. The summed E-state index contributed by atoms with van der Waals surface area (Å²) >= 11 is 0. The van der Waals surface area contributed by atoms with E-state index in [0.29, 0.717) is 11.9 Å². The van der Waals surface area contributed by atoms with E-state index in [1.54, 1.807) is 25.4 Å². The monoisotopic (exact) mass is 336 g/mol. The number of hydrogen-bond donors (Lipinski definition) is 0. The maximum absolute atomic E-state index is 12.7. The summed E-state index contributed by atoms with van der Waals surface area (Å²) in [5.41, 5.74) is 3.73. The first-order chi connectivity index (χ1) is 12.1. The normalized spacial score (nSPS) is 10.8. The van der Waals surface area contributed by atoms with Crippen molar-refractivity contribution in [2.75, 3.05) is 6.61 Å². The molecule has 1 aromatic carbocycles. The second-order valence-electron chi connectivity index (χ2n) is 5.80. The van der Waals surface area contributed by atoms with Gasteiger partial charge in [-0.2, -0.15) is 0 Å². The molecule has 5 nitrogen and oxygen atoms in total. The fraction of sp³-hybridized carbons (Fsp3) is 0.250. The zero-order chi connectivity index (χ0) is 18.0. The van der Waals surface area contributed by atoms with Crippen LogP contribution in [0.1, 0.15) is 29.8 Å². The molecule has 0 aliphatic rings. The lowest BCUT2D eigenvalue weighted by atomic mass is 10.00. The number of carbonyl (C=O) groups excluding carboxylic acids is 1. The van der Waals surface area contributed by atoms with E-state index in [1.165, 1.54) is 0 Å². The van der Waals surface area contributed by atoms with E-state index in [4.69, 9.17) is 4.74 Å². The lowest BCUT2D eigenvalue weighted by Gasteiger charge is -2.13. The molecule has 0 saturated carbocycles. The van der Waals surface area contributed by atoms with Gasteiger partial charge in [-0.15, -0.1) is 0 Å². The maximum atomic E-state index is 12.7. The average Bonchev–Trinajstić information content (AvgIpc) is 2.62. The fourth-order valence-corrected chi connectivity index (χ4v) is 2.97. The van der Waals surface area contributed by atoms with Crippen molar-refractivity contribution in [3.05, 3.63) is 64.2 Å². The van der Waals surface area contributed by atoms with Gasteiger partial charge in [0.2, 0.25) is 5.43 Å². The lowest BCUT2D eigenvalue weighted by Crippen LogP contribution is -2.20. The summed E-state index contributed by atoms with van der Waals surface area (Å²) in [4.78, 5) is 28.9. The molecule has 0 radical (unpaired) electrons. The van der Waals surface area contributed by atoms with E-state index in [0.717, 1.165) is 22.2 Å². The van der Waals surface area contributed by atoms with Crippen LogP contribution in [0, 0.1) is 6.92 Å². The molecule has 3 aromatic rings. The van der Waals surface area contributed by atoms with Gasteiger partial charge >= 0.3 is 5.97 Å². The van der Waals surface area contributed by atoms with E-state index >= 15 is 0 Å². The molecule has 3 rings (SSSR count). The first kappa shape index (κ1) is 16.9. The van der Waals surface area contributed by atoms with Gasteiger partial charge in [0.15, 0.2) is 0 Å². The Balaban J connectivity index is 2.24. The third-order valence-electron chi connectivity index (χ3n) is 4.25. The molecule has 0 atom stereocenters. The zero-order valence-electron chi connectivity index (χ0n) is 14.6. The molecule has 128 valence electrons. The summed E-state index contributed by atoms with van der Waals surface area (Å²) in [7, 11) is 0. The van der Waals surface area contributed by atoms with E-state index in [1.807, 2.05) is 42.8 Å². The van der Waals surface area contributed by atoms with Gasteiger partial charge in [0.05, 0.1) is 12.1 Å². The third-order valence-corrected chi connectivity index (χ3v) is 4.25. The number of ether oxygens (including phenoxy) is 1. The van der Waals surface area contributed by atoms with Crippen LogP contribution < -0.4 is 5.43 Å². The Labute approximate surface area is 145 Å². The van der Waals surface area contributed by atoms with E-state index in [9.17, 15) is 9.59 Å². The van der Waals surface area contributed by atoms with Crippen LogP contribution in [0.25, 0.3) is 22.0 Å². The van der Waals surface area contributed by atoms with Gasteiger partial charge in [0.25, 0.3) is 0 Å². The Kier molecular flexibility index (Phi) is 4.65. The van der Waals surface area contributed by atoms with Gasteiger partial charge in [-0.25, -0.2) is 4.79 Å². The number of fused-ring (bicyclic) bond motifs is 1. The molecular weight excluding hydrogens is 316 g/mol. The Morgan fingerprint density at radius 3 is 2.72 bits per heavy atom. The van der Waals surface area contributed by atoms with Gasteiger partial charge in [0.1, 0.15) is 5.56 Å². The smallest absolute Gasteiger partial charge is 0.343 e. The average molecular weight is 336 g/mol. The minimum Gasteiger partial charge on any atom is -0.462 e. The van der Waals surface area contributed by atoms with Crippen LogP contribution in [-0.2, 0) is 11.3 Å². The summed E-state index contributed by atoms with van der Waals surface area (Å²) in [6, 6.07) is 7.62. The molecule has 0 aliphatic carbocycles. The summed E-state index contributed by atoms with van der Waals surface area (Å²) in [6.45, 7) is 6.58. The van der Waals surface area contributed by atoms with Gasteiger partial charge in [-0.1, -0.05) is 6.07 Å². The van der Waals surface area contributed by atoms with Crippen LogP contribution in [0.2, 0.25) is 0 Å². The Hall–Kier alpha value is -2.95. The third kappa shape index (κ3) is 3.05. The molecule has 0 spiro atoms. The fourth-order valence-electron chi connectivity index (χ4n) is 2.97. The second-order valence-corrected chi connectivity index (χ2v) is 5.80. The first-order valence-electron chi connectivity index (χ1n) is 8.32. The highest BCUT2D eigenvalue weighted by Gasteiger charge is 2.16. The number of rotatable bonds is 4.